The number of hydrogen-bond acceptors (Lipinski definition) is 3. The maximum atomic E-state index is 10.5. The standard InChI is InChI=1S/C8H15ClO3S/c9-13(10,11)6-2-1-5-12-7-8-3-4-8/h8H,1-7H2. The second-order valence-electron chi connectivity index (χ2n) is 3.47. The average molecular weight is 227 g/mol. The predicted molar refractivity (Wildman–Crippen MR) is 52.4 cm³/mol. The Morgan fingerprint density at radius 1 is 1.31 bits per heavy atom. The van der Waals surface area contributed by atoms with Gasteiger partial charge in [-0.3, -0.25) is 0 Å². The molecule has 0 N–H and O–H groups in total. The van der Waals surface area contributed by atoms with Crippen molar-refractivity contribution < 1.29 is 13.2 Å². The van der Waals surface area contributed by atoms with Gasteiger partial charge in [-0.25, -0.2) is 8.42 Å². The minimum absolute atomic E-state index is 0.0569. The Bertz CT molecular complexity index is 234. The lowest BCUT2D eigenvalue weighted by Crippen LogP contribution is -2.02. The van der Waals surface area contributed by atoms with Gasteiger partial charge in [-0.15, -0.1) is 0 Å². The first kappa shape index (κ1) is 11.3. The Balaban J connectivity index is 1.83. The molecule has 0 aromatic carbocycles. The largest absolute Gasteiger partial charge is 0.381 e. The topological polar surface area (TPSA) is 43.4 Å². The molecule has 0 saturated heterocycles. The van der Waals surface area contributed by atoms with Gasteiger partial charge in [0.15, 0.2) is 0 Å². The van der Waals surface area contributed by atoms with Crippen LogP contribution in [0.3, 0.4) is 0 Å². The molecule has 1 aliphatic carbocycles. The molecule has 1 aliphatic rings. The summed E-state index contributed by atoms with van der Waals surface area (Å²) in [4.78, 5) is 0. The summed E-state index contributed by atoms with van der Waals surface area (Å²) >= 11 is 0. The summed E-state index contributed by atoms with van der Waals surface area (Å²) in [6.07, 6.45) is 3.95. The molecular weight excluding hydrogens is 212 g/mol. The van der Waals surface area contributed by atoms with Crippen molar-refractivity contribution in [1.29, 1.82) is 0 Å². The summed E-state index contributed by atoms with van der Waals surface area (Å²) in [7, 11) is 1.74. The van der Waals surface area contributed by atoms with Gasteiger partial charge in [0.1, 0.15) is 0 Å². The predicted octanol–water partition coefficient (Wildman–Crippen LogP) is 1.76. The fourth-order valence-electron chi connectivity index (χ4n) is 1.01. The smallest absolute Gasteiger partial charge is 0.232 e. The second kappa shape index (κ2) is 5.17. The zero-order valence-corrected chi connectivity index (χ0v) is 9.11. The lowest BCUT2D eigenvalue weighted by Gasteiger charge is -2.01. The van der Waals surface area contributed by atoms with Crippen LogP contribution in [0.1, 0.15) is 25.7 Å². The van der Waals surface area contributed by atoms with Crippen LogP contribution in [0.25, 0.3) is 0 Å². The molecule has 1 saturated carbocycles. The van der Waals surface area contributed by atoms with Crippen LogP contribution in [-0.4, -0.2) is 27.4 Å². The van der Waals surface area contributed by atoms with Crippen molar-refractivity contribution in [1.82, 2.24) is 0 Å². The Morgan fingerprint density at radius 3 is 2.54 bits per heavy atom. The number of halogens is 1. The van der Waals surface area contributed by atoms with E-state index >= 15 is 0 Å². The number of unbranched alkanes of at least 4 members (excludes halogenated alkanes) is 1. The molecule has 1 rings (SSSR count). The van der Waals surface area contributed by atoms with Crippen LogP contribution in [0.2, 0.25) is 0 Å². The highest BCUT2D eigenvalue weighted by atomic mass is 35.7. The maximum absolute atomic E-state index is 10.5. The zero-order chi connectivity index (χ0) is 9.73. The molecule has 0 aromatic rings. The van der Waals surface area contributed by atoms with Gasteiger partial charge in [0.2, 0.25) is 9.05 Å². The number of ether oxygens (including phenoxy) is 1. The number of rotatable bonds is 7. The molecule has 0 unspecified atom stereocenters. The molecule has 5 heteroatoms. The van der Waals surface area contributed by atoms with Crippen LogP contribution in [0, 0.1) is 5.92 Å². The lowest BCUT2D eigenvalue weighted by atomic mass is 10.3. The fraction of sp³-hybridized carbons (Fsp3) is 1.00. The first-order chi connectivity index (χ1) is 6.08. The molecule has 0 atom stereocenters. The number of hydrogen-bond donors (Lipinski definition) is 0. The third kappa shape index (κ3) is 7.28. The molecule has 0 radical (unpaired) electrons. The molecule has 0 amide bonds. The van der Waals surface area contributed by atoms with Gasteiger partial charge in [-0.1, -0.05) is 0 Å². The van der Waals surface area contributed by atoms with E-state index in [-0.39, 0.29) is 5.75 Å². The van der Waals surface area contributed by atoms with E-state index in [0.29, 0.717) is 13.0 Å². The molecular formula is C8H15ClO3S. The fourth-order valence-corrected chi connectivity index (χ4v) is 1.89. The van der Waals surface area contributed by atoms with Crippen molar-refractivity contribution in [3.8, 4) is 0 Å². The van der Waals surface area contributed by atoms with Crippen molar-refractivity contribution in [2.45, 2.75) is 25.7 Å². The molecule has 0 bridgehead atoms. The minimum Gasteiger partial charge on any atom is -0.381 e. The van der Waals surface area contributed by atoms with Gasteiger partial charge in [0.05, 0.1) is 5.75 Å². The molecule has 78 valence electrons. The molecule has 0 aliphatic heterocycles. The second-order valence-corrected chi connectivity index (χ2v) is 6.36. The van der Waals surface area contributed by atoms with Gasteiger partial charge < -0.3 is 4.74 Å². The van der Waals surface area contributed by atoms with E-state index in [9.17, 15) is 8.42 Å². The first-order valence-corrected chi connectivity index (χ1v) is 7.06. The summed E-state index contributed by atoms with van der Waals surface area (Å²) < 4.78 is 26.3. The van der Waals surface area contributed by atoms with E-state index in [2.05, 4.69) is 0 Å². The molecule has 1 fully saturated rings. The Labute approximate surface area is 83.8 Å². The molecule has 0 spiro atoms. The Hall–Kier alpha value is 0.200. The van der Waals surface area contributed by atoms with Crippen LogP contribution in [0.4, 0.5) is 0 Å². The third-order valence-corrected chi connectivity index (χ3v) is 3.22. The molecule has 13 heavy (non-hydrogen) atoms. The molecule has 0 aromatic heterocycles. The minimum atomic E-state index is -3.30. The molecule has 3 nitrogen and oxygen atoms in total. The van der Waals surface area contributed by atoms with Crippen LogP contribution in [0.5, 0.6) is 0 Å². The Morgan fingerprint density at radius 2 is 2.00 bits per heavy atom. The van der Waals surface area contributed by atoms with E-state index in [1.54, 1.807) is 0 Å². The van der Waals surface area contributed by atoms with Crippen molar-refractivity contribution in [3.05, 3.63) is 0 Å². The van der Waals surface area contributed by atoms with Crippen molar-refractivity contribution in [3.63, 3.8) is 0 Å². The summed E-state index contributed by atoms with van der Waals surface area (Å²) in [5, 5.41) is 0. The normalized spacial score (nSPS) is 17.6. The molecule has 0 heterocycles. The van der Waals surface area contributed by atoms with E-state index in [0.717, 1.165) is 18.9 Å². The van der Waals surface area contributed by atoms with Crippen molar-refractivity contribution in [2.75, 3.05) is 19.0 Å². The van der Waals surface area contributed by atoms with Crippen LogP contribution in [0.15, 0.2) is 0 Å². The summed E-state index contributed by atoms with van der Waals surface area (Å²) in [6, 6.07) is 0. The zero-order valence-electron chi connectivity index (χ0n) is 7.54. The highest BCUT2D eigenvalue weighted by Gasteiger charge is 2.20. The maximum Gasteiger partial charge on any atom is 0.232 e. The van der Waals surface area contributed by atoms with Gasteiger partial charge in [-0.2, -0.15) is 0 Å². The van der Waals surface area contributed by atoms with E-state index in [1.807, 2.05) is 0 Å². The van der Waals surface area contributed by atoms with E-state index in [1.165, 1.54) is 12.8 Å². The van der Waals surface area contributed by atoms with Crippen LogP contribution in [-0.2, 0) is 13.8 Å². The van der Waals surface area contributed by atoms with Gasteiger partial charge in [0, 0.05) is 23.9 Å². The van der Waals surface area contributed by atoms with E-state index in [4.69, 9.17) is 15.4 Å². The highest BCUT2D eigenvalue weighted by Crippen LogP contribution is 2.28. The third-order valence-electron chi connectivity index (χ3n) is 1.98. The first-order valence-electron chi connectivity index (χ1n) is 4.58. The van der Waals surface area contributed by atoms with Gasteiger partial charge in [-0.05, 0) is 31.6 Å². The van der Waals surface area contributed by atoms with Crippen LogP contribution < -0.4 is 0 Å². The summed E-state index contributed by atoms with van der Waals surface area (Å²) in [5.41, 5.74) is 0. The van der Waals surface area contributed by atoms with Crippen LogP contribution >= 0.6 is 10.7 Å². The Kier molecular flexibility index (Phi) is 4.49. The SMILES string of the molecule is O=S(=O)(Cl)CCCCOCC1CC1. The van der Waals surface area contributed by atoms with Crippen molar-refractivity contribution >= 4 is 19.7 Å². The highest BCUT2D eigenvalue weighted by molar-refractivity contribution is 8.13. The lowest BCUT2D eigenvalue weighted by molar-refractivity contribution is 0.122. The quantitative estimate of drug-likeness (QED) is 0.491. The van der Waals surface area contributed by atoms with E-state index < -0.39 is 9.05 Å². The van der Waals surface area contributed by atoms with Crippen molar-refractivity contribution in [2.24, 2.45) is 5.92 Å². The van der Waals surface area contributed by atoms with Gasteiger partial charge >= 0.3 is 0 Å². The monoisotopic (exact) mass is 226 g/mol. The summed E-state index contributed by atoms with van der Waals surface area (Å²) in [6.45, 7) is 1.50. The summed E-state index contributed by atoms with van der Waals surface area (Å²) in [5.74, 6) is 0.832. The average Bonchev–Trinajstić information content (AvgIpc) is 2.77. The van der Waals surface area contributed by atoms with Gasteiger partial charge in [0.25, 0.3) is 0 Å².